The first-order valence-electron chi connectivity index (χ1n) is 3.89. The SMILES string of the molecule is OCCC(O)c1ccc(Br)c(Cl)c1. The topological polar surface area (TPSA) is 40.5 Å². The van der Waals surface area contributed by atoms with Crippen LogP contribution in [0.4, 0.5) is 0 Å². The van der Waals surface area contributed by atoms with E-state index in [4.69, 9.17) is 16.7 Å². The van der Waals surface area contributed by atoms with E-state index in [1.165, 1.54) is 0 Å². The van der Waals surface area contributed by atoms with Gasteiger partial charge in [0.15, 0.2) is 0 Å². The van der Waals surface area contributed by atoms with Crippen molar-refractivity contribution in [1.82, 2.24) is 0 Å². The molecule has 2 N–H and O–H groups in total. The van der Waals surface area contributed by atoms with Crippen LogP contribution in [0.5, 0.6) is 0 Å². The summed E-state index contributed by atoms with van der Waals surface area (Å²) < 4.78 is 0.800. The lowest BCUT2D eigenvalue weighted by Crippen LogP contribution is -1.99. The molecule has 0 spiro atoms. The normalized spacial score (nSPS) is 12.9. The highest BCUT2D eigenvalue weighted by atomic mass is 79.9. The summed E-state index contributed by atoms with van der Waals surface area (Å²) in [4.78, 5) is 0. The number of benzene rings is 1. The number of aliphatic hydroxyl groups is 2. The smallest absolute Gasteiger partial charge is 0.0812 e. The molecule has 0 aliphatic heterocycles. The quantitative estimate of drug-likeness (QED) is 0.882. The second-order valence-electron chi connectivity index (χ2n) is 2.70. The van der Waals surface area contributed by atoms with Crippen molar-refractivity contribution in [3.05, 3.63) is 33.3 Å². The fourth-order valence-corrected chi connectivity index (χ4v) is 1.44. The summed E-state index contributed by atoms with van der Waals surface area (Å²) in [5.41, 5.74) is 0.724. The minimum atomic E-state index is -0.643. The fraction of sp³-hybridized carbons (Fsp3) is 0.333. The van der Waals surface area contributed by atoms with Crippen molar-refractivity contribution < 1.29 is 10.2 Å². The molecule has 1 unspecified atom stereocenters. The zero-order valence-corrected chi connectivity index (χ0v) is 9.22. The number of hydrogen-bond acceptors (Lipinski definition) is 2. The summed E-state index contributed by atoms with van der Waals surface area (Å²) in [6, 6.07) is 5.24. The summed E-state index contributed by atoms with van der Waals surface area (Å²) in [5.74, 6) is 0. The Labute approximate surface area is 90.3 Å². The summed E-state index contributed by atoms with van der Waals surface area (Å²) in [6.07, 6.45) is -0.312. The van der Waals surface area contributed by atoms with Crippen LogP contribution in [0.25, 0.3) is 0 Å². The maximum absolute atomic E-state index is 9.50. The largest absolute Gasteiger partial charge is 0.396 e. The minimum Gasteiger partial charge on any atom is -0.396 e. The van der Waals surface area contributed by atoms with Crippen molar-refractivity contribution in [1.29, 1.82) is 0 Å². The maximum atomic E-state index is 9.50. The molecule has 0 aromatic heterocycles. The molecule has 0 saturated carbocycles. The van der Waals surface area contributed by atoms with E-state index in [0.29, 0.717) is 11.4 Å². The molecule has 0 aliphatic rings. The number of rotatable bonds is 3. The Balaban J connectivity index is 2.84. The Morgan fingerprint density at radius 2 is 2.15 bits per heavy atom. The zero-order valence-electron chi connectivity index (χ0n) is 6.87. The van der Waals surface area contributed by atoms with E-state index in [0.717, 1.165) is 10.0 Å². The van der Waals surface area contributed by atoms with Crippen LogP contribution < -0.4 is 0 Å². The zero-order chi connectivity index (χ0) is 9.84. The Morgan fingerprint density at radius 1 is 1.46 bits per heavy atom. The van der Waals surface area contributed by atoms with Gasteiger partial charge in [0, 0.05) is 17.5 Å². The molecular weight excluding hydrogens is 255 g/mol. The van der Waals surface area contributed by atoms with E-state index < -0.39 is 6.10 Å². The molecule has 0 aliphatic carbocycles. The average molecular weight is 266 g/mol. The van der Waals surface area contributed by atoms with Gasteiger partial charge in [-0.05, 0) is 33.6 Å². The molecule has 13 heavy (non-hydrogen) atoms. The van der Waals surface area contributed by atoms with Gasteiger partial charge in [-0.2, -0.15) is 0 Å². The molecule has 0 radical (unpaired) electrons. The van der Waals surface area contributed by atoms with Crippen molar-refractivity contribution in [2.45, 2.75) is 12.5 Å². The second-order valence-corrected chi connectivity index (χ2v) is 3.96. The molecule has 0 heterocycles. The highest BCUT2D eigenvalue weighted by molar-refractivity contribution is 9.10. The van der Waals surface area contributed by atoms with Gasteiger partial charge in [-0.25, -0.2) is 0 Å². The molecule has 1 atom stereocenters. The summed E-state index contributed by atoms with van der Waals surface area (Å²) in [7, 11) is 0. The summed E-state index contributed by atoms with van der Waals surface area (Å²) in [6.45, 7) is -0.0329. The summed E-state index contributed by atoms with van der Waals surface area (Å²) in [5, 5.41) is 18.7. The molecule has 1 aromatic rings. The van der Waals surface area contributed by atoms with Crippen LogP contribution in [0.1, 0.15) is 18.1 Å². The Morgan fingerprint density at radius 3 is 2.69 bits per heavy atom. The maximum Gasteiger partial charge on any atom is 0.0812 e. The Hall–Kier alpha value is -0.0900. The predicted molar refractivity (Wildman–Crippen MR) is 55.8 cm³/mol. The second kappa shape index (κ2) is 4.96. The number of halogens is 2. The van der Waals surface area contributed by atoms with Gasteiger partial charge in [-0.3, -0.25) is 0 Å². The van der Waals surface area contributed by atoms with Gasteiger partial charge < -0.3 is 10.2 Å². The van der Waals surface area contributed by atoms with Crippen molar-refractivity contribution in [2.75, 3.05) is 6.61 Å². The molecule has 2 nitrogen and oxygen atoms in total. The van der Waals surface area contributed by atoms with Crippen LogP contribution in [0, 0.1) is 0 Å². The van der Waals surface area contributed by atoms with Crippen molar-refractivity contribution in [3.63, 3.8) is 0 Å². The summed E-state index contributed by atoms with van der Waals surface area (Å²) >= 11 is 9.09. The fourth-order valence-electron chi connectivity index (χ4n) is 1.01. The highest BCUT2D eigenvalue weighted by Gasteiger charge is 2.07. The van der Waals surface area contributed by atoms with E-state index in [-0.39, 0.29) is 6.61 Å². The molecule has 72 valence electrons. The molecule has 0 amide bonds. The third-order valence-corrected chi connectivity index (χ3v) is 2.96. The lowest BCUT2D eigenvalue weighted by atomic mass is 10.1. The molecule has 0 fully saturated rings. The van der Waals surface area contributed by atoms with Gasteiger partial charge in [0.2, 0.25) is 0 Å². The highest BCUT2D eigenvalue weighted by Crippen LogP contribution is 2.26. The first kappa shape index (κ1) is 11.0. The van der Waals surface area contributed by atoms with Gasteiger partial charge in [0.25, 0.3) is 0 Å². The van der Waals surface area contributed by atoms with E-state index in [1.807, 2.05) is 0 Å². The average Bonchev–Trinajstić information content (AvgIpc) is 2.10. The molecule has 0 bridgehead atoms. The standard InChI is InChI=1S/C9H10BrClO2/c10-7-2-1-6(5-8(7)11)9(13)3-4-12/h1-2,5,9,12-13H,3-4H2. The minimum absolute atomic E-state index is 0.0329. The van der Waals surface area contributed by atoms with Gasteiger partial charge in [0.05, 0.1) is 11.1 Å². The van der Waals surface area contributed by atoms with Crippen LogP contribution in [0.15, 0.2) is 22.7 Å². The van der Waals surface area contributed by atoms with Crippen molar-refractivity contribution >= 4 is 27.5 Å². The van der Waals surface area contributed by atoms with Crippen molar-refractivity contribution in [3.8, 4) is 0 Å². The Kier molecular flexibility index (Phi) is 4.19. The first-order chi connectivity index (χ1) is 6.15. The molecule has 1 rings (SSSR count). The lowest BCUT2D eigenvalue weighted by Gasteiger charge is -2.09. The van der Waals surface area contributed by atoms with Gasteiger partial charge in [-0.15, -0.1) is 0 Å². The molecule has 4 heteroatoms. The number of hydrogen-bond donors (Lipinski definition) is 2. The third kappa shape index (κ3) is 2.95. The van der Waals surface area contributed by atoms with E-state index in [9.17, 15) is 5.11 Å². The Bertz CT molecular complexity index is 291. The van der Waals surface area contributed by atoms with E-state index in [2.05, 4.69) is 15.9 Å². The van der Waals surface area contributed by atoms with Gasteiger partial charge >= 0.3 is 0 Å². The third-order valence-electron chi connectivity index (χ3n) is 1.73. The number of aliphatic hydroxyl groups excluding tert-OH is 2. The monoisotopic (exact) mass is 264 g/mol. The first-order valence-corrected chi connectivity index (χ1v) is 5.06. The van der Waals surface area contributed by atoms with Crippen molar-refractivity contribution in [2.24, 2.45) is 0 Å². The molecular formula is C9H10BrClO2. The van der Waals surface area contributed by atoms with Crippen LogP contribution in [-0.4, -0.2) is 16.8 Å². The van der Waals surface area contributed by atoms with Crippen LogP contribution in [0.2, 0.25) is 5.02 Å². The van der Waals surface area contributed by atoms with Gasteiger partial charge in [-0.1, -0.05) is 17.7 Å². The van der Waals surface area contributed by atoms with Crippen LogP contribution in [0.3, 0.4) is 0 Å². The van der Waals surface area contributed by atoms with E-state index in [1.54, 1.807) is 18.2 Å². The van der Waals surface area contributed by atoms with E-state index >= 15 is 0 Å². The molecule has 1 aromatic carbocycles. The predicted octanol–water partition coefficient (Wildman–Crippen LogP) is 2.52. The van der Waals surface area contributed by atoms with Crippen LogP contribution >= 0.6 is 27.5 Å². The molecule has 0 saturated heterocycles. The van der Waals surface area contributed by atoms with Crippen LogP contribution in [-0.2, 0) is 0 Å². The van der Waals surface area contributed by atoms with Gasteiger partial charge in [0.1, 0.15) is 0 Å². The lowest BCUT2D eigenvalue weighted by molar-refractivity contribution is 0.134.